The molecule has 0 saturated heterocycles. The van der Waals surface area contributed by atoms with E-state index in [2.05, 4.69) is 127 Å². The zero-order valence-electron chi connectivity index (χ0n) is 18.1. The first-order chi connectivity index (χ1) is 15.8. The molecule has 1 heterocycles. The Morgan fingerprint density at radius 2 is 1.00 bits per heavy atom. The molecule has 1 nitrogen and oxygen atoms in total. The minimum Gasteiger partial charge on any atom is -0.284 e. The van der Waals surface area contributed by atoms with Crippen molar-refractivity contribution < 1.29 is 0 Å². The van der Waals surface area contributed by atoms with Crippen molar-refractivity contribution in [1.29, 1.82) is 0 Å². The van der Waals surface area contributed by atoms with Gasteiger partial charge in [-0.2, -0.15) is 0 Å². The molecule has 0 saturated carbocycles. The highest BCUT2D eigenvalue weighted by atomic mass is 15.2. The molecule has 4 aromatic carbocycles. The predicted octanol–water partition coefficient (Wildman–Crippen LogP) is 6.92. The Morgan fingerprint density at radius 1 is 0.531 bits per heavy atom. The highest BCUT2D eigenvalue weighted by molar-refractivity contribution is 5.81. The Hall–Kier alpha value is -3.86. The summed E-state index contributed by atoms with van der Waals surface area (Å²) < 4.78 is 0. The van der Waals surface area contributed by atoms with Gasteiger partial charge in [0.15, 0.2) is 0 Å². The maximum atomic E-state index is 3.61. The molecule has 2 atom stereocenters. The molecule has 5 rings (SSSR count). The van der Waals surface area contributed by atoms with Gasteiger partial charge in [0.05, 0.1) is 12.1 Å². The first kappa shape index (κ1) is 20.1. The maximum Gasteiger partial charge on any atom is 0.0690 e. The summed E-state index contributed by atoms with van der Waals surface area (Å²) in [5.74, 6) is 7.06. The Bertz CT molecular complexity index is 1260. The average Bonchev–Trinajstić information content (AvgIpc) is 3.16. The van der Waals surface area contributed by atoms with Crippen molar-refractivity contribution in [2.45, 2.75) is 12.1 Å². The van der Waals surface area contributed by atoms with Crippen molar-refractivity contribution in [2.75, 3.05) is 7.05 Å². The molecule has 154 valence electrons. The Balaban J connectivity index is 1.76. The van der Waals surface area contributed by atoms with Gasteiger partial charge in [-0.15, -0.1) is 0 Å². The van der Waals surface area contributed by atoms with Gasteiger partial charge in [-0.05, 0) is 41.4 Å². The van der Waals surface area contributed by atoms with E-state index in [1.54, 1.807) is 0 Å². The van der Waals surface area contributed by atoms with Gasteiger partial charge < -0.3 is 0 Å². The molecule has 0 radical (unpaired) electrons. The molecule has 0 bridgehead atoms. The zero-order valence-corrected chi connectivity index (χ0v) is 18.1. The number of hydrogen-bond donors (Lipinski definition) is 0. The standard InChI is InChI=1S/C31H25N/c1-32-30(26-18-10-4-11-19-26)28(23-22-24-14-6-2-7-15-24)29(25-16-8-3-9-17-25)31(32)27-20-12-5-13-21-27/h2-21,30-31H,1H3/t30-,31+/m0/s1. The second-order valence-corrected chi connectivity index (χ2v) is 8.10. The lowest BCUT2D eigenvalue weighted by Crippen LogP contribution is -2.24. The lowest BCUT2D eigenvalue weighted by molar-refractivity contribution is 0.265. The van der Waals surface area contributed by atoms with Crippen LogP contribution in [0.1, 0.15) is 34.3 Å². The van der Waals surface area contributed by atoms with Gasteiger partial charge in [-0.3, -0.25) is 4.90 Å². The predicted molar refractivity (Wildman–Crippen MR) is 133 cm³/mol. The summed E-state index contributed by atoms with van der Waals surface area (Å²) in [6.45, 7) is 0. The fourth-order valence-electron chi connectivity index (χ4n) is 4.65. The maximum absolute atomic E-state index is 3.61. The van der Waals surface area contributed by atoms with E-state index < -0.39 is 0 Å². The molecule has 0 aliphatic carbocycles. The minimum absolute atomic E-state index is 0.0906. The third kappa shape index (κ3) is 3.89. The van der Waals surface area contributed by atoms with Crippen molar-refractivity contribution in [3.8, 4) is 11.8 Å². The molecule has 4 aromatic rings. The Labute approximate surface area is 190 Å². The van der Waals surface area contributed by atoms with Crippen LogP contribution in [0.2, 0.25) is 0 Å². The van der Waals surface area contributed by atoms with Crippen LogP contribution in [-0.4, -0.2) is 11.9 Å². The normalized spacial score (nSPS) is 18.3. The first-order valence-corrected chi connectivity index (χ1v) is 11.0. The highest BCUT2D eigenvalue weighted by Crippen LogP contribution is 2.50. The van der Waals surface area contributed by atoms with Crippen LogP contribution in [0.4, 0.5) is 0 Å². The van der Waals surface area contributed by atoms with E-state index in [1.165, 1.54) is 27.8 Å². The number of rotatable bonds is 3. The van der Waals surface area contributed by atoms with Crippen molar-refractivity contribution in [3.05, 3.63) is 149 Å². The minimum atomic E-state index is 0.0906. The molecule has 0 aromatic heterocycles. The van der Waals surface area contributed by atoms with Crippen LogP contribution < -0.4 is 0 Å². The lowest BCUT2D eigenvalue weighted by Gasteiger charge is -2.28. The van der Waals surface area contributed by atoms with E-state index in [4.69, 9.17) is 0 Å². The van der Waals surface area contributed by atoms with E-state index in [-0.39, 0.29) is 12.1 Å². The monoisotopic (exact) mass is 411 g/mol. The van der Waals surface area contributed by atoms with Gasteiger partial charge in [-0.1, -0.05) is 121 Å². The third-order valence-corrected chi connectivity index (χ3v) is 6.08. The largest absolute Gasteiger partial charge is 0.284 e. The summed E-state index contributed by atoms with van der Waals surface area (Å²) in [6, 6.07) is 42.7. The number of hydrogen-bond acceptors (Lipinski definition) is 1. The van der Waals surface area contributed by atoms with Gasteiger partial charge in [0, 0.05) is 11.1 Å². The van der Waals surface area contributed by atoms with Crippen LogP contribution in [0.25, 0.3) is 5.57 Å². The summed E-state index contributed by atoms with van der Waals surface area (Å²) in [4.78, 5) is 2.46. The van der Waals surface area contributed by atoms with Gasteiger partial charge in [-0.25, -0.2) is 0 Å². The van der Waals surface area contributed by atoms with Crippen molar-refractivity contribution >= 4 is 5.57 Å². The van der Waals surface area contributed by atoms with Crippen LogP contribution in [0.3, 0.4) is 0 Å². The molecule has 1 aliphatic heterocycles. The molecule has 1 aliphatic rings. The van der Waals surface area contributed by atoms with E-state index in [0.717, 1.165) is 5.56 Å². The number of nitrogens with zero attached hydrogens (tertiary/aromatic N) is 1. The highest BCUT2D eigenvalue weighted by Gasteiger charge is 2.39. The summed E-state index contributed by atoms with van der Waals surface area (Å²) >= 11 is 0. The first-order valence-electron chi connectivity index (χ1n) is 11.0. The lowest BCUT2D eigenvalue weighted by atomic mass is 9.90. The van der Waals surface area contributed by atoms with Gasteiger partial charge in [0.25, 0.3) is 0 Å². The Morgan fingerprint density at radius 3 is 1.56 bits per heavy atom. The van der Waals surface area contributed by atoms with Gasteiger partial charge in [0.2, 0.25) is 0 Å². The average molecular weight is 412 g/mol. The summed E-state index contributed by atoms with van der Waals surface area (Å²) in [5.41, 5.74) is 7.26. The molecule has 0 fully saturated rings. The van der Waals surface area contributed by atoms with E-state index in [0.29, 0.717) is 0 Å². The van der Waals surface area contributed by atoms with Crippen molar-refractivity contribution in [3.63, 3.8) is 0 Å². The van der Waals surface area contributed by atoms with Crippen LogP contribution in [0.15, 0.2) is 127 Å². The van der Waals surface area contributed by atoms with Gasteiger partial charge in [0.1, 0.15) is 0 Å². The molecule has 0 amide bonds. The quantitative estimate of drug-likeness (QED) is 0.331. The van der Waals surface area contributed by atoms with E-state index >= 15 is 0 Å². The van der Waals surface area contributed by atoms with Gasteiger partial charge >= 0.3 is 0 Å². The Kier molecular flexibility index (Phi) is 5.71. The second kappa shape index (κ2) is 9.10. The zero-order chi connectivity index (χ0) is 21.8. The molecule has 32 heavy (non-hydrogen) atoms. The number of likely N-dealkylation sites (N-methyl/N-ethyl adjacent to an activating group) is 1. The topological polar surface area (TPSA) is 3.24 Å². The van der Waals surface area contributed by atoms with E-state index in [9.17, 15) is 0 Å². The summed E-state index contributed by atoms with van der Waals surface area (Å²) in [7, 11) is 2.22. The SMILES string of the molecule is CN1[C@@H](c2ccccc2)C(C#Cc2ccccc2)=C(c2ccccc2)[C@H]1c1ccccc1. The molecule has 1 heteroatoms. The molecular weight excluding hydrogens is 386 g/mol. The van der Waals surface area contributed by atoms with E-state index in [1.807, 2.05) is 18.2 Å². The smallest absolute Gasteiger partial charge is 0.0690 e. The van der Waals surface area contributed by atoms with Crippen LogP contribution >= 0.6 is 0 Å². The fourth-order valence-corrected chi connectivity index (χ4v) is 4.65. The molecule has 0 spiro atoms. The summed E-state index contributed by atoms with van der Waals surface area (Å²) in [5, 5.41) is 0. The second-order valence-electron chi connectivity index (χ2n) is 8.10. The fraction of sp³-hybridized carbons (Fsp3) is 0.0968. The number of benzene rings is 4. The third-order valence-electron chi connectivity index (χ3n) is 6.08. The summed E-state index contributed by atoms with van der Waals surface area (Å²) in [6.07, 6.45) is 0. The molecule has 0 N–H and O–H groups in total. The van der Waals surface area contributed by atoms with Crippen LogP contribution in [-0.2, 0) is 0 Å². The van der Waals surface area contributed by atoms with Crippen LogP contribution in [0, 0.1) is 11.8 Å². The molecular formula is C31H25N. The molecule has 0 unspecified atom stereocenters. The van der Waals surface area contributed by atoms with Crippen molar-refractivity contribution in [1.82, 2.24) is 4.90 Å². The van der Waals surface area contributed by atoms with Crippen molar-refractivity contribution in [2.24, 2.45) is 0 Å². The van der Waals surface area contributed by atoms with Crippen LogP contribution in [0.5, 0.6) is 0 Å².